The monoisotopic (exact) mass is 517 g/mol. The van der Waals surface area contributed by atoms with E-state index in [1.807, 2.05) is 42.5 Å². The van der Waals surface area contributed by atoms with Gasteiger partial charge in [0.15, 0.2) is 0 Å². The minimum atomic E-state index is -4.43. The molecule has 0 radical (unpaired) electrons. The molecule has 0 aromatic heterocycles. The van der Waals surface area contributed by atoms with E-state index in [2.05, 4.69) is 6.92 Å². The molecule has 1 heterocycles. The van der Waals surface area contributed by atoms with Gasteiger partial charge in [-0.3, -0.25) is 14.1 Å². The molecule has 1 atom stereocenters. The highest BCUT2D eigenvalue weighted by Gasteiger charge is 2.41. The Labute approximate surface area is 211 Å². The lowest BCUT2D eigenvalue weighted by Gasteiger charge is -2.28. The SMILES string of the molecule is CSN(C(=O)CN1CC(C)(c2ccccc2)C(c2ccc(Cl)cc2)=N1)c1ccc(C(F)(F)F)cc1. The lowest BCUT2D eigenvalue weighted by molar-refractivity contribution is -0.137. The van der Waals surface area contributed by atoms with Gasteiger partial charge >= 0.3 is 6.18 Å². The van der Waals surface area contributed by atoms with E-state index in [1.165, 1.54) is 16.4 Å². The molecule has 1 unspecified atom stereocenters. The van der Waals surface area contributed by atoms with Crippen molar-refractivity contribution >= 4 is 40.9 Å². The zero-order chi connectivity index (χ0) is 25.2. The van der Waals surface area contributed by atoms with Crippen LogP contribution in [0.15, 0.2) is 84.0 Å². The fraction of sp³-hybridized carbons (Fsp3) is 0.231. The molecule has 35 heavy (non-hydrogen) atoms. The van der Waals surface area contributed by atoms with Crippen LogP contribution < -0.4 is 4.31 Å². The molecule has 9 heteroatoms. The van der Waals surface area contributed by atoms with Gasteiger partial charge in [-0.25, -0.2) is 0 Å². The molecule has 1 amide bonds. The van der Waals surface area contributed by atoms with Crippen LogP contribution in [0.5, 0.6) is 0 Å². The van der Waals surface area contributed by atoms with Crippen molar-refractivity contribution in [3.05, 3.63) is 101 Å². The molecule has 0 fully saturated rings. The first kappa shape index (κ1) is 25.1. The highest BCUT2D eigenvalue weighted by molar-refractivity contribution is 8.00. The Kier molecular flexibility index (Phi) is 7.15. The number of nitrogens with zero attached hydrogens (tertiary/aromatic N) is 3. The average Bonchev–Trinajstić information content (AvgIpc) is 3.17. The van der Waals surface area contributed by atoms with Gasteiger partial charge in [-0.05, 0) is 66.4 Å². The van der Waals surface area contributed by atoms with Crippen molar-refractivity contribution in [2.75, 3.05) is 23.7 Å². The van der Waals surface area contributed by atoms with Crippen molar-refractivity contribution in [2.24, 2.45) is 5.10 Å². The quantitative estimate of drug-likeness (QED) is 0.343. The van der Waals surface area contributed by atoms with Gasteiger partial charge < -0.3 is 0 Å². The third-order valence-electron chi connectivity index (χ3n) is 5.95. The van der Waals surface area contributed by atoms with Gasteiger partial charge in [0.2, 0.25) is 0 Å². The van der Waals surface area contributed by atoms with Crippen molar-refractivity contribution in [1.29, 1.82) is 0 Å². The molecule has 0 bridgehead atoms. The van der Waals surface area contributed by atoms with Crippen LogP contribution in [-0.4, -0.2) is 36.0 Å². The number of carbonyl (C=O) groups is 1. The second-order valence-electron chi connectivity index (χ2n) is 8.39. The molecule has 0 aliphatic carbocycles. The smallest absolute Gasteiger partial charge is 0.286 e. The van der Waals surface area contributed by atoms with E-state index in [-0.39, 0.29) is 12.5 Å². The van der Waals surface area contributed by atoms with Gasteiger partial charge in [0.1, 0.15) is 6.54 Å². The summed E-state index contributed by atoms with van der Waals surface area (Å²) < 4.78 is 40.2. The second-order valence-corrected chi connectivity index (χ2v) is 9.56. The summed E-state index contributed by atoms with van der Waals surface area (Å²) >= 11 is 7.22. The van der Waals surface area contributed by atoms with Gasteiger partial charge in [-0.2, -0.15) is 18.3 Å². The molecule has 0 spiro atoms. The highest BCUT2D eigenvalue weighted by atomic mass is 35.5. The van der Waals surface area contributed by atoms with Crippen molar-refractivity contribution in [3.63, 3.8) is 0 Å². The van der Waals surface area contributed by atoms with E-state index in [9.17, 15) is 18.0 Å². The summed E-state index contributed by atoms with van der Waals surface area (Å²) in [5.41, 5.74) is 1.92. The van der Waals surface area contributed by atoms with Crippen molar-refractivity contribution in [1.82, 2.24) is 5.01 Å². The third-order valence-corrected chi connectivity index (χ3v) is 6.98. The minimum absolute atomic E-state index is 0.0264. The first-order chi connectivity index (χ1) is 16.6. The summed E-state index contributed by atoms with van der Waals surface area (Å²) in [6, 6.07) is 21.9. The Morgan fingerprint density at radius 3 is 2.26 bits per heavy atom. The summed E-state index contributed by atoms with van der Waals surface area (Å²) in [5.74, 6) is -0.284. The van der Waals surface area contributed by atoms with Crippen LogP contribution in [0.1, 0.15) is 23.6 Å². The molecule has 1 aliphatic rings. The molecule has 182 valence electrons. The maximum Gasteiger partial charge on any atom is 0.416 e. The van der Waals surface area contributed by atoms with Crippen molar-refractivity contribution in [2.45, 2.75) is 18.5 Å². The molecule has 0 saturated carbocycles. The van der Waals surface area contributed by atoms with Gasteiger partial charge in [-0.1, -0.05) is 54.1 Å². The Morgan fingerprint density at radius 2 is 1.69 bits per heavy atom. The van der Waals surface area contributed by atoms with E-state index in [1.54, 1.807) is 23.4 Å². The van der Waals surface area contributed by atoms with Crippen molar-refractivity contribution in [3.8, 4) is 0 Å². The predicted molar refractivity (Wildman–Crippen MR) is 136 cm³/mol. The first-order valence-corrected chi connectivity index (χ1v) is 12.4. The zero-order valence-electron chi connectivity index (χ0n) is 19.1. The van der Waals surface area contributed by atoms with Crippen LogP contribution in [0.2, 0.25) is 5.02 Å². The number of benzene rings is 3. The second kappa shape index (κ2) is 9.95. The maximum atomic E-state index is 13.2. The zero-order valence-corrected chi connectivity index (χ0v) is 20.7. The fourth-order valence-electron chi connectivity index (χ4n) is 4.19. The summed E-state index contributed by atoms with van der Waals surface area (Å²) in [6.45, 7) is 2.53. The van der Waals surface area contributed by atoms with Crippen molar-refractivity contribution < 1.29 is 18.0 Å². The number of anilines is 1. The summed E-state index contributed by atoms with van der Waals surface area (Å²) in [6.07, 6.45) is -2.73. The highest BCUT2D eigenvalue weighted by Crippen LogP contribution is 2.36. The number of amides is 1. The number of halogens is 4. The number of rotatable bonds is 6. The number of carbonyl (C=O) groups excluding carboxylic acids is 1. The third kappa shape index (κ3) is 5.33. The van der Waals surface area contributed by atoms with E-state index in [0.717, 1.165) is 40.9 Å². The number of alkyl halides is 3. The standard InChI is InChI=1S/C26H23ClF3N3OS/c1-25(19-6-4-3-5-7-19)17-32(31-24(25)18-8-12-21(27)13-9-18)16-23(34)33(35-2)22-14-10-20(11-15-22)26(28,29)30/h3-15H,16-17H2,1-2H3. The Hall–Kier alpha value is -2.97. The van der Waals surface area contributed by atoms with Gasteiger partial charge in [0.05, 0.1) is 28.9 Å². The normalized spacial score (nSPS) is 17.9. The molecule has 1 aliphatic heterocycles. The molecule has 0 saturated heterocycles. The maximum absolute atomic E-state index is 13.2. The molecular formula is C26H23ClF3N3OS. The van der Waals surface area contributed by atoms with E-state index in [0.29, 0.717) is 17.3 Å². The van der Waals surface area contributed by atoms with Gasteiger partial charge in [0, 0.05) is 11.3 Å². The number of hydrazone groups is 1. The summed E-state index contributed by atoms with van der Waals surface area (Å²) in [4.78, 5) is 13.2. The Bertz CT molecular complexity index is 1220. The summed E-state index contributed by atoms with van der Waals surface area (Å²) in [5, 5.41) is 7.15. The van der Waals surface area contributed by atoms with Gasteiger partial charge in [-0.15, -0.1) is 0 Å². The van der Waals surface area contributed by atoms with E-state index in [4.69, 9.17) is 16.7 Å². The first-order valence-electron chi connectivity index (χ1n) is 10.8. The molecule has 3 aromatic rings. The van der Waals surface area contributed by atoms with Crippen LogP contribution in [0, 0.1) is 0 Å². The minimum Gasteiger partial charge on any atom is -0.286 e. The Morgan fingerprint density at radius 1 is 1.06 bits per heavy atom. The lowest BCUT2D eigenvalue weighted by atomic mass is 9.76. The number of hydrogen-bond donors (Lipinski definition) is 0. The van der Waals surface area contributed by atoms with Crippen LogP contribution >= 0.6 is 23.5 Å². The predicted octanol–water partition coefficient (Wildman–Crippen LogP) is 6.65. The van der Waals surface area contributed by atoms with E-state index >= 15 is 0 Å². The van der Waals surface area contributed by atoms with Crippen LogP contribution in [0.3, 0.4) is 0 Å². The molecule has 0 N–H and O–H groups in total. The Balaban J connectivity index is 1.60. The topological polar surface area (TPSA) is 35.9 Å². The molecule has 3 aromatic carbocycles. The average molecular weight is 518 g/mol. The molecule has 4 rings (SSSR count). The van der Waals surface area contributed by atoms with Gasteiger partial charge in [0.25, 0.3) is 5.91 Å². The largest absolute Gasteiger partial charge is 0.416 e. The van der Waals surface area contributed by atoms with Crippen LogP contribution in [-0.2, 0) is 16.4 Å². The fourth-order valence-corrected chi connectivity index (χ4v) is 4.91. The number of hydrogen-bond acceptors (Lipinski definition) is 4. The lowest BCUT2D eigenvalue weighted by Crippen LogP contribution is -2.39. The summed E-state index contributed by atoms with van der Waals surface area (Å²) in [7, 11) is 0. The van der Waals surface area contributed by atoms with E-state index < -0.39 is 17.2 Å². The van der Waals surface area contributed by atoms with Crippen LogP contribution in [0.25, 0.3) is 0 Å². The molecule has 4 nitrogen and oxygen atoms in total. The van der Waals surface area contributed by atoms with Crippen LogP contribution in [0.4, 0.5) is 18.9 Å². The molecular weight excluding hydrogens is 495 g/mol.